The molecule has 0 radical (unpaired) electrons. The first-order chi connectivity index (χ1) is 14.0. The van der Waals surface area contributed by atoms with Gasteiger partial charge in [0.05, 0.1) is 17.6 Å². The number of rotatable bonds is 6. The quantitative estimate of drug-likeness (QED) is 0.473. The molecule has 0 aliphatic rings. The topological polar surface area (TPSA) is 91.8 Å². The molecule has 0 fully saturated rings. The minimum absolute atomic E-state index is 0.238. The van der Waals surface area contributed by atoms with Crippen molar-refractivity contribution in [2.75, 3.05) is 0 Å². The van der Waals surface area contributed by atoms with Crippen LogP contribution in [0.1, 0.15) is 18.3 Å². The van der Waals surface area contributed by atoms with E-state index in [1.165, 1.54) is 6.92 Å². The predicted octanol–water partition coefficient (Wildman–Crippen LogP) is 2.42. The molecule has 29 heavy (non-hydrogen) atoms. The van der Waals surface area contributed by atoms with Crippen LogP contribution in [0.25, 0.3) is 21.9 Å². The number of amides is 2. The third-order valence-electron chi connectivity index (χ3n) is 5.09. The molecule has 4 aromatic rings. The maximum absolute atomic E-state index is 12.9. The van der Waals surface area contributed by atoms with Gasteiger partial charge in [-0.15, -0.1) is 0 Å². The lowest BCUT2D eigenvalue weighted by atomic mass is 10.0. The largest absolute Gasteiger partial charge is 0.361 e. The average molecular weight is 389 g/mol. The summed E-state index contributed by atoms with van der Waals surface area (Å²) in [5.74, 6) is 0.276. The number of para-hydroxylation sites is 3. The number of carbonyl (C=O) groups excluding carboxylic acids is 2. The van der Waals surface area contributed by atoms with Crippen LogP contribution in [0.4, 0.5) is 0 Å². The van der Waals surface area contributed by atoms with Crippen molar-refractivity contribution >= 4 is 33.8 Å². The average Bonchev–Trinajstić information content (AvgIpc) is 3.27. The Kier molecular flexibility index (Phi) is 5.03. The second-order valence-electron chi connectivity index (χ2n) is 7.11. The Hall–Kier alpha value is -3.61. The van der Waals surface area contributed by atoms with E-state index in [1.54, 1.807) is 0 Å². The van der Waals surface area contributed by atoms with Gasteiger partial charge in [0.15, 0.2) is 0 Å². The summed E-state index contributed by atoms with van der Waals surface area (Å²) in [4.78, 5) is 32.3. The molecule has 0 bridgehead atoms. The van der Waals surface area contributed by atoms with Crippen molar-refractivity contribution in [1.82, 2.24) is 25.2 Å². The van der Waals surface area contributed by atoms with E-state index >= 15 is 0 Å². The highest BCUT2D eigenvalue weighted by molar-refractivity contribution is 5.89. The van der Waals surface area contributed by atoms with Crippen molar-refractivity contribution in [3.05, 3.63) is 66.1 Å². The zero-order valence-electron chi connectivity index (χ0n) is 16.4. The van der Waals surface area contributed by atoms with E-state index in [1.807, 2.05) is 66.3 Å². The third-order valence-corrected chi connectivity index (χ3v) is 5.09. The number of hydrogen-bond donors (Lipinski definition) is 3. The molecular weight excluding hydrogens is 366 g/mol. The SMILES string of the molecule is CC(=O)NC(Cc1c[nH]c2ccccc12)C(=O)NCc1nc2ccccc2n1C. The molecule has 4 rings (SSSR count). The van der Waals surface area contributed by atoms with Crippen molar-refractivity contribution in [2.24, 2.45) is 7.05 Å². The number of nitrogens with one attached hydrogen (secondary N) is 3. The van der Waals surface area contributed by atoms with Crippen LogP contribution in [-0.2, 0) is 29.6 Å². The molecule has 0 aliphatic carbocycles. The summed E-state index contributed by atoms with van der Waals surface area (Å²) in [6, 6.07) is 15.1. The maximum Gasteiger partial charge on any atom is 0.243 e. The zero-order chi connectivity index (χ0) is 20.4. The zero-order valence-corrected chi connectivity index (χ0v) is 16.4. The Balaban J connectivity index is 1.51. The predicted molar refractivity (Wildman–Crippen MR) is 112 cm³/mol. The number of H-pyrrole nitrogens is 1. The molecular formula is C22H23N5O2. The smallest absolute Gasteiger partial charge is 0.243 e. The van der Waals surface area contributed by atoms with Crippen LogP contribution in [0.2, 0.25) is 0 Å². The fourth-order valence-electron chi connectivity index (χ4n) is 3.62. The summed E-state index contributed by atoms with van der Waals surface area (Å²) in [6.07, 6.45) is 2.29. The van der Waals surface area contributed by atoms with E-state index in [9.17, 15) is 9.59 Å². The first-order valence-electron chi connectivity index (χ1n) is 9.53. The van der Waals surface area contributed by atoms with Gasteiger partial charge in [0.25, 0.3) is 0 Å². The Morgan fingerprint density at radius 3 is 2.69 bits per heavy atom. The number of fused-ring (bicyclic) bond motifs is 2. The number of aromatic amines is 1. The van der Waals surface area contributed by atoms with Gasteiger partial charge in [-0.25, -0.2) is 4.98 Å². The van der Waals surface area contributed by atoms with Crippen LogP contribution in [0.3, 0.4) is 0 Å². The fourth-order valence-corrected chi connectivity index (χ4v) is 3.62. The minimum Gasteiger partial charge on any atom is -0.361 e. The number of aryl methyl sites for hydroxylation is 1. The molecule has 7 nitrogen and oxygen atoms in total. The van der Waals surface area contributed by atoms with Crippen LogP contribution in [-0.4, -0.2) is 32.4 Å². The normalized spacial score (nSPS) is 12.2. The van der Waals surface area contributed by atoms with Crippen LogP contribution in [0, 0.1) is 0 Å². The van der Waals surface area contributed by atoms with E-state index in [0.29, 0.717) is 6.42 Å². The van der Waals surface area contributed by atoms with Gasteiger partial charge < -0.3 is 20.2 Å². The van der Waals surface area contributed by atoms with Gasteiger partial charge in [0.2, 0.25) is 11.8 Å². The number of aromatic nitrogens is 3. The molecule has 2 amide bonds. The van der Waals surface area contributed by atoms with E-state index in [2.05, 4.69) is 20.6 Å². The number of carbonyl (C=O) groups is 2. The molecule has 7 heteroatoms. The highest BCUT2D eigenvalue weighted by atomic mass is 16.2. The lowest BCUT2D eigenvalue weighted by Gasteiger charge is -2.17. The van der Waals surface area contributed by atoms with Gasteiger partial charge in [-0.2, -0.15) is 0 Å². The molecule has 2 heterocycles. The highest BCUT2D eigenvalue weighted by Crippen LogP contribution is 2.19. The molecule has 3 N–H and O–H groups in total. The first kappa shape index (κ1) is 18.7. The molecule has 1 unspecified atom stereocenters. The van der Waals surface area contributed by atoms with Gasteiger partial charge in [-0.1, -0.05) is 30.3 Å². The molecule has 1 atom stereocenters. The van der Waals surface area contributed by atoms with E-state index in [4.69, 9.17) is 0 Å². The molecule has 0 saturated heterocycles. The van der Waals surface area contributed by atoms with Crippen molar-refractivity contribution in [2.45, 2.75) is 25.9 Å². The second-order valence-corrected chi connectivity index (χ2v) is 7.11. The van der Waals surface area contributed by atoms with E-state index in [-0.39, 0.29) is 18.4 Å². The summed E-state index contributed by atoms with van der Waals surface area (Å²) in [5.41, 5.74) is 3.88. The third kappa shape index (κ3) is 3.85. The van der Waals surface area contributed by atoms with Gasteiger partial charge in [-0.3, -0.25) is 9.59 Å². The minimum atomic E-state index is -0.665. The first-order valence-corrected chi connectivity index (χ1v) is 9.53. The second kappa shape index (κ2) is 7.79. The van der Waals surface area contributed by atoms with Crippen LogP contribution in [0.5, 0.6) is 0 Å². The summed E-state index contributed by atoms with van der Waals surface area (Å²) in [5, 5.41) is 6.73. The lowest BCUT2D eigenvalue weighted by molar-refractivity contribution is -0.128. The summed E-state index contributed by atoms with van der Waals surface area (Å²) >= 11 is 0. The molecule has 0 spiro atoms. The van der Waals surface area contributed by atoms with Gasteiger partial charge in [0, 0.05) is 37.5 Å². The van der Waals surface area contributed by atoms with Crippen molar-refractivity contribution in [3.8, 4) is 0 Å². The highest BCUT2D eigenvalue weighted by Gasteiger charge is 2.22. The molecule has 0 saturated carbocycles. The van der Waals surface area contributed by atoms with Crippen molar-refractivity contribution in [1.29, 1.82) is 0 Å². The lowest BCUT2D eigenvalue weighted by Crippen LogP contribution is -2.47. The monoisotopic (exact) mass is 389 g/mol. The number of hydrogen-bond acceptors (Lipinski definition) is 3. The number of imidazole rings is 1. The molecule has 0 aliphatic heterocycles. The van der Waals surface area contributed by atoms with Crippen LogP contribution < -0.4 is 10.6 Å². The Labute approximate surface area is 168 Å². The summed E-state index contributed by atoms with van der Waals surface area (Å²) in [7, 11) is 1.92. The Morgan fingerprint density at radius 1 is 1.14 bits per heavy atom. The molecule has 2 aromatic heterocycles. The van der Waals surface area contributed by atoms with E-state index in [0.717, 1.165) is 33.3 Å². The van der Waals surface area contributed by atoms with E-state index < -0.39 is 6.04 Å². The van der Waals surface area contributed by atoms with Gasteiger partial charge in [-0.05, 0) is 23.8 Å². The van der Waals surface area contributed by atoms with Crippen LogP contribution >= 0.6 is 0 Å². The summed E-state index contributed by atoms with van der Waals surface area (Å²) in [6.45, 7) is 1.70. The van der Waals surface area contributed by atoms with Gasteiger partial charge >= 0.3 is 0 Å². The van der Waals surface area contributed by atoms with Gasteiger partial charge in [0.1, 0.15) is 11.9 Å². The number of nitrogens with zero attached hydrogens (tertiary/aromatic N) is 2. The van der Waals surface area contributed by atoms with Crippen molar-refractivity contribution in [3.63, 3.8) is 0 Å². The summed E-state index contributed by atoms with van der Waals surface area (Å²) < 4.78 is 1.96. The molecule has 148 valence electrons. The van der Waals surface area contributed by atoms with Crippen LogP contribution in [0.15, 0.2) is 54.7 Å². The standard InChI is InChI=1S/C22H23N5O2/c1-14(28)25-19(11-15-12-23-17-8-4-3-7-16(15)17)22(29)24-13-21-26-18-9-5-6-10-20(18)27(21)2/h3-10,12,19,23H,11,13H2,1-2H3,(H,24,29)(H,25,28). The Morgan fingerprint density at radius 2 is 1.90 bits per heavy atom. The fraction of sp³-hybridized carbons (Fsp3) is 0.227. The van der Waals surface area contributed by atoms with Crippen molar-refractivity contribution < 1.29 is 9.59 Å². The number of benzene rings is 2. The molecule has 2 aromatic carbocycles. The maximum atomic E-state index is 12.9. The Bertz CT molecular complexity index is 1190.